The third kappa shape index (κ3) is 5.92. The summed E-state index contributed by atoms with van der Waals surface area (Å²) in [5, 5.41) is 2.99. The van der Waals surface area contributed by atoms with Crippen molar-refractivity contribution in [3.63, 3.8) is 0 Å². The Labute approximate surface area is 157 Å². The molecular formula is C16H20F3N3O6. The van der Waals surface area contributed by atoms with Crippen LogP contribution in [0.1, 0.15) is 32.1 Å². The lowest BCUT2D eigenvalue weighted by molar-refractivity contribution is -0.149. The molecule has 156 valence electrons. The van der Waals surface area contributed by atoms with Crippen molar-refractivity contribution in [2.75, 3.05) is 19.7 Å². The molecule has 2 atom stereocenters. The molecule has 0 radical (unpaired) electrons. The average molecular weight is 407 g/mol. The minimum atomic E-state index is -4.63. The number of imide groups is 2. The quantitative estimate of drug-likeness (QED) is 0.488. The Balaban J connectivity index is 1.68. The van der Waals surface area contributed by atoms with Gasteiger partial charge in [-0.1, -0.05) is 12.8 Å². The SMILES string of the molecule is O=C(COC(=O)CCN1C(=O)[C@H]2CCCC[C@H]2C1=O)NC(=O)NCC(F)(F)F. The van der Waals surface area contributed by atoms with Crippen molar-refractivity contribution in [2.24, 2.45) is 11.8 Å². The lowest BCUT2D eigenvalue weighted by atomic mass is 9.81. The Kier molecular flexibility index (Phi) is 6.97. The first kappa shape index (κ1) is 21.6. The van der Waals surface area contributed by atoms with E-state index in [2.05, 4.69) is 4.74 Å². The van der Waals surface area contributed by atoms with Crippen molar-refractivity contribution >= 4 is 29.7 Å². The summed E-state index contributed by atoms with van der Waals surface area (Å²) in [5.41, 5.74) is 0. The molecule has 1 aliphatic heterocycles. The molecule has 2 fully saturated rings. The number of esters is 1. The van der Waals surface area contributed by atoms with E-state index in [9.17, 15) is 37.1 Å². The van der Waals surface area contributed by atoms with Gasteiger partial charge in [-0.3, -0.25) is 29.4 Å². The second-order valence-corrected chi connectivity index (χ2v) is 6.58. The van der Waals surface area contributed by atoms with Crippen LogP contribution in [0.5, 0.6) is 0 Å². The highest BCUT2D eigenvalue weighted by Gasteiger charge is 2.47. The van der Waals surface area contributed by atoms with E-state index in [-0.39, 0.29) is 36.6 Å². The Morgan fingerprint density at radius 1 is 1.07 bits per heavy atom. The van der Waals surface area contributed by atoms with Gasteiger partial charge in [-0.05, 0) is 12.8 Å². The van der Waals surface area contributed by atoms with Crippen molar-refractivity contribution in [2.45, 2.75) is 38.3 Å². The summed E-state index contributed by atoms with van der Waals surface area (Å²) in [4.78, 5) is 59.6. The zero-order chi connectivity index (χ0) is 20.9. The average Bonchev–Trinajstić information content (AvgIpc) is 2.87. The number of amides is 5. The molecular weight excluding hydrogens is 387 g/mol. The number of hydrogen-bond donors (Lipinski definition) is 2. The van der Waals surface area contributed by atoms with Crippen LogP contribution >= 0.6 is 0 Å². The summed E-state index contributed by atoms with van der Waals surface area (Å²) >= 11 is 0. The number of carbonyl (C=O) groups excluding carboxylic acids is 5. The highest BCUT2D eigenvalue weighted by molar-refractivity contribution is 6.05. The van der Waals surface area contributed by atoms with Gasteiger partial charge in [0, 0.05) is 6.54 Å². The number of fused-ring (bicyclic) bond motifs is 1. The van der Waals surface area contributed by atoms with Crippen molar-refractivity contribution in [3.05, 3.63) is 0 Å². The van der Waals surface area contributed by atoms with Gasteiger partial charge in [-0.2, -0.15) is 13.2 Å². The maximum atomic E-state index is 12.2. The second-order valence-electron chi connectivity index (χ2n) is 6.58. The molecule has 0 aromatic rings. The van der Waals surface area contributed by atoms with Gasteiger partial charge in [-0.25, -0.2) is 4.79 Å². The Hall–Kier alpha value is -2.66. The number of likely N-dealkylation sites (tertiary alicyclic amines) is 1. The number of nitrogens with zero attached hydrogens (tertiary/aromatic N) is 1. The van der Waals surface area contributed by atoms with Crippen LogP contribution in [0.15, 0.2) is 0 Å². The van der Waals surface area contributed by atoms with E-state index < -0.39 is 37.2 Å². The summed E-state index contributed by atoms with van der Waals surface area (Å²) in [5.74, 6) is -3.28. The summed E-state index contributed by atoms with van der Waals surface area (Å²) in [7, 11) is 0. The van der Waals surface area contributed by atoms with E-state index >= 15 is 0 Å². The van der Waals surface area contributed by atoms with Crippen LogP contribution in [0.4, 0.5) is 18.0 Å². The second kappa shape index (κ2) is 9.02. The Morgan fingerprint density at radius 3 is 2.18 bits per heavy atom. The highest BCUT2D eigenvalue weighted by atomic mass is 19.4. The van der Waals surface area contributed by atoms with E-state index in [0.717, 1.165) is 17.7 Å². The van der Waals surface area contributed by atoms with Crippen LogP contribution < -0.4 is 10.6 Å². The number of hydrogen-bond acceptors (Lipinski definition) is 6. The first-order chi connectivity index (χ1) is 13.1. The topological polar surface area (TPSA) is 122 Å². The van der Waals surface area contributed by atoms with E-state index in [1.165, 1.54) is 5.32 Å². The molecule has 0 unspecified atom stereocenters. The van der Waals surface area contributed by atoms with Crippen LogP contribution in [0.2, 0.25) is 0 Å². The van der Waals surface area contributed by atoms with E-state index in [1.54, 1.807) is 5.32 Å². The summed E-state index contributed by atoms with van der Waals surface area (Å²) in [6.07, 6.45) is -1.91. The van der Waals surface area contributed by atoms with Gasteiger partial charge in [0.05, 0.1) is 18.3 Å². The van der Waals surface area contributed by atoms with E-state index in [4.69, 9.17) is 0 Å². The molecule has 5 amide bonds. The summed E-state index contributed by atoms with van der Waals surface area (Å²) < 4.78 is 40.4. The van der Waals surface area contributed by atoms with Crippen LogP contribution in [0.3, 0.4) is 0 Å². The first-order valence-corrected chi connectivity index (χ1v) is 8.74. The molecule has 28 heavy (non-hydrogen) atoms. The number of rotatable bonds is 6. The Bertz CT molecular complexity index is 643. The summed E-state index contributed by atoms with van der Waals surface area (Å²) in [6, 6.07) is -1.38. The minimum Gasteiger partial charge on any atom is -0.456 e. The van der Waals surface area contributed by atoms with Gasteiger partial charge in [0.2, 0.25) is 11.8 Å². The molecule has 1 saturated carbocycles. The standard InChI is InChI=1S/C16H20F3N3O6/c17-16(18,19)8-20-15(27)21-11(23)7-28-12(24)5-6-22-13(25)9-3-1-2-4-10(9)14(22)26/h9-10H,1-8H2,(H2,20,21,23,27)/t9-,10+. The maximum Gasteiger partial charge on any atom is 0.405 e. The fraction of sp³-hybridized carbons (Fsp3) is 0.688. The smallest absolute Gasteiger partial charge is 0.405 e. The van der Waals surface area contributed by atoms with Gasteiger partial charge in [0.1, 0.15) is 6.54 Å². The third-order valence-corrected chi connectivity index (χ3v) is 4.54. The molecule has 2 aliphatic rings. The van der Waals surface area contributed by atoms with Crippen molar-refractivity contribution in [3.8, 4) is 0 Å². The van der Waals surface area contributed by atoms with Gasteiger partial charge in [0.15, 0.2) is 6.61 Å². The molecule has 9 nitrogen and oxygen atoms in total. The highest BCUT2D eigenvalue weighted by Crippen LogP contribution is 2.37. The first-order valence-electron chi connectivity index (χ1n) is 8.74. The van der Waals surface area contributed by atoms with Gasteiger partial charge in [0.25, 0.3) is 5.91 Å². The molecule has 12 heteroatoms. The monoisotopic (exact) mass is 407 g/mol. The number of nitrogens with one attached hydrogen (secondary N) is 2. The fourth-order valence-corrected chi connectivity index (χ4v) is 3.26. The molecule has 0 spiro atoms. The van der Waals surface area contributed by atoms with Crippen molar-refractivity contribution in [1.82, 2.24) is 15.5 Å². The van der Waals surface area contributed by atoms with E-state index in [0.29, 0.717) is 12.8 Å². The van der Waals surface area contributed by atoms with Crippen molar-refractivity contribution < 1.29 is 41.9 Å². The predicted octanol–water partition coefficient (Wildman–Crippen LogP) is 0.483. The van der Waals surface area contributed by atoms with Crippen LogP contribution in [-0.4, -0.2) is 60.5 Å². The largest absolute Gasteiger partial charge is 0.456 e. The van der Waals surface area contributed by atoms with Gasteiger partial charge >= 0.3 is 18.2 Å². The zero-order valence-electron chi connectivity index (χ0n) is 14.8. The molecule has 0 aromatic heterocycles. The molecule has 1 saturated heterocycles. The van der Waals surface area contributed by atoms with Crippen LogP contribution in [-0.2, 0) is 23.9 Å². The normalized spacial score (nSPS) is 21.9. The van der Waals surface area contributed by atoms with Crippen LogP contribution in [0, 0.1) is 11.8 Å². The molecule has 0 bridgehead atoms. The van der Waals surface area contributed by atoms with Crippen LogP contribution in [0.25, 0.3) is 0 Å². The maximum absolute atomic E-state index is 12.2. The number of urea groups is 1. The number of ether oxygens (including phenoxy) is 1. The van der Waals surface area contributed by atoms with Gasteiger partial charge in [-0.15, -0.1) is 0 Å². The molecule has 1 heterocycles. The fourth-order valence-electron chi connectivity index (χ4n) is 3.26. The summed E-state index contributed by atoms with van der Waals surface area (Å²) in [6.45, 7) is -2.67. The lowest BCUT2D eigenvalue weighted by Gasteiger charge is -2.19. The predicted molar refractivity (Wildman–Crippen MR) is 85.3 cm³/mol. The lowest BCUT2D eigenvalue weighted by Crippen LogP contribution is -2.44. The zero-order valence-corrected chi connectivity index (χ0v) is 14.8. The molecule has 2 rings (SSSR count). The van der Waals surface area contributed by atoms with Crippen molar-refractivity contribution in [1.29, 1.82) is 0 Å². The Morgan fingerprint density at radius 2 is 1.64 bits per heavy atom. The molecule has 1 aliphatic carbocycles. The molecule has 0 aromatic carbocycles. The number of alkyl halides is 3. The van der Waals surface area contributed by atoms with E-state index in [1.807, 2.05) is 0 Å². The molecule has 2 N–H and O–H groups in total. The van der Waals surface area contributed by atoms with Gasteiger partial charge < -0.3 is 10.1 Å². The number of halogens is 3. The third-order valence-electron chi connectivity index (χ3n) is 4.54. The minimum absolute atomic E-state index is 0.169. The number of carbonyl (C=O) groups is 5.